The molecule has 0 spiro atoms. The zero-order chi connectivity index (χ0) is 12.0. The maximum atomic E-state index is 11.6. The number of carbonyl (C=O) groups is 1. The topological polar surface area (TPSA) is 55.1 Å². The van der Waals surface area contributed by atoms with Gasteiger partial charge in [-0.3, -0.25) is 4.79 Å². The Morgan fingerprint density at radius 1 is 1.56 bits per heavy atom. The Labute approximate surface area is 104 Å². The van der Waals surface area contributed by atoms with Gasteiger partial charge >= 0.3 is 0 Å². The first-order valence-electron chi connectivity index (χ1n) is 4.92. The lowest BCUT2D eigenvalue weighted by molar-refractivity contribution is 0.0953. The molecule has 1 amide bonds. The van der Waals surface area contributed by atoms with E-state index in [9.17, 15) is 4.79 Å². The maximum Gasteiger partial charge on any atom is 0.251 e. The molecule has 0 aliphatic rings. The molecular weight excluding hydrogens is 268 g/mol. The highest BCUT2D eigenvalue weighted by Crippen LogP contribution is 2.20. The molecule has 0 unspecified atom stereocenters. The summed E-state index contributed by atoms with van der Waals surface area (Å²) in [4.78, 5) is 11.6. The average Bonchev–Trinajstić information content (AvgIpc) is 2.28. The normalized spacial score (nSPS) is 9.50. The van der Waals surface area contributed by atoms with Crippen LogP contribution in [0.2, 0.25) is 0 Å². The van der Waals surface area contributed by atoms with Crippen LogP contribution in [0.1, 0.15) is 23.2 Å². The molecule has 3 nitrogen and oxygen atoms in total. The molecule has 4 heteroatoms. The maximum absolute atomic E-state index is 11.6. The second-order valence-corrected chi connectivity index (χ2v) is 4.15. The van der Waals surface area contributed by atoms with E-state index in [-0.39, 0.29) is 5.91 Å². The number of hydrogen-bond donors (Lipinski definition) is 2. The van der Waals surface area contributed by atoms with Crippen LogP contribution in [0.5, 0.6) is 0 Å². The number of nitrogen functional groups attached to an aromatic ring is 1. The lowest BCUT2D eigenvalue weighted by Gasteiger charge is -2.05. The monoisotopic (exact) mass is 280 g/mol. The minimum absolute atomic E-state index is 0.113. The SMILES string of the molecule is C#CCCCNC(=O)c1ccc(N)c(Br)c1. The molecule has 0 heterocycles. The summed E-state index contributed by atoms with van der Waals surface area (Å²) in [5.74, 6) is 2.41. The molecule has 16 heavy (non-hydrogen) atoms. The number of carbonyl (C=O) groups excluding carboxylic acids is 1. The van der Waals surface area contributed by atoms with Gasteiger partial charge in [0.25, 0.3) is 5.91 Å². The molecule has 0 aromatic heterocycles. The quantitative estimate of drug-likeness (QED) is 0.505. The van der Waals surface area contributed by atoms with Crippen LogP contribution in [0.4, 0.5) is 5.69 Å². The van der Waals surface area contributed by atoms with Gasteiger partial charge in [-0.25, -0.2) is 0 Å². The van der Waals surface area contributed by atoms with Crippen molar-refractivity contribution in [2.24, 2.45) is 0 Å². The van der Waals surface area contributed by atoms with Crippen molar-refractivity contribution in [1.82, 2.24) is 5.32 Å². The van der Waals surface area contributed by atoms with E-state index >= 15 is 0 Å². The molecule has 3 N–H and O–H groups in total. The average molecular weight is 281 g/mol. The fraction of sp³-hybridized carbons (Fsp3) is 0.250. The predicted molar refractivity (Wildman–Crippen MR) is 69.0 cm³/mol. The van der Waals surface area contributed by atoms with Gasteiger partial charge in [0, 0.05) is 28.7 Å². The number of unbranched alkanes of at least 4 members (excludes halogenated alkanes) is 1. The molecule has 1 aromatic carbocycles. The van der Waals surface area contributed by atoms with E-state index in [0.717, 1.165) is 10.9 Å². The lowest BCUT2D eigenvalue weighted by Crippen LogP contribution is -2.24. The van der Waals surface area contributed by atoms with Crippen molar-refractivity contribution in [2.45, 2.75) is 12.8 Å². The Morgan fingerprint density at radius 2 is 2.31 bits per heavy atom. The van der Waals surface area contributed by atoms with E-state index < -0.39 is 0 Å². The van der Waals surface area contributed by atoms with Crippen molar-refractivity contribution in [3.63, 3.8) is 0 Å². The Bertz CT molecular complexity index is 424. The first kappa shape index (κ1) is 12.6. The Morgan fingerprint density at radius 3 is 2.94 bits per heavy atom. The molecule has 0 saturated heterocycles. The Hall–Kier alpha value is -1.47. The largest absolute Gasteiger partial charge is 0.398 e. The molecule has 0 fully saturated rings. The minimum atomic E-state index is -0.113. The molecule has 0 aliphatic heterocycles. The van der Waals surface area contributed by atoms with Crippen molar-refractivity contribution in [1.29, 1.82) is 0 Å². The molecule has 84 valence electrons. The smallest absolute Gasteiger partial charge is 0.251 e. The number of nitrogens with two attached hydrogens (primary N) is 1. The van der Waals surface area contributed by atoms with Crippen LogP contribution in [0.3, 0.4) is 0 Å². The molecular formula is C12H13BrN2O. The highest BCUT2D eigenvalue weighted by molar-refractivity contribution is 9.10. The highest BCUT2D eigenvalue weighted by atomic mass is 79.9. The van der Waals surface area contributed by atoms with Crippen LogP contribution >= 0.6 is 15.9 Å². The van der Waals surface area contributed by atoms with Crippen LogP contribution in [-0.2, 0) is 0 Å². The fourth-order valence-corrected chi connectivity index (χ4v) is 1.54. The van der Waals surface area contributed by atoms with E-state index in [1.54, 1.807) is 18.2 Å². The summed E-state index contributed by atoms with van der Waals surface area (Å²) < 4.78 is 0.726. The van der Waals surface area contributed by atoms with Gasteiger partial charge in [0.1, 0.15) is 0 Å². The molecule has 1 aromatic rings. The first-order chi connectivity index (χ1) is 7.65. The van der Waals surface area contributed by atoms with Gasteiger partial charge in [0.15, 0.2) is 0 Å². The zero-order valence-electron chi connectivity index (χ0n) is 8.79. The van der Waals surface area contributed by atoms with Crippen LogP contribution in [0.15, 0.2) is 22.7 Å². The van der Waals surface area contributed by atoms with Gasteiger partial charge in [-0.1, -0.05) is 0 Å². The Kier molecular flexibility index (Phi) is 4.87. The molecule has 0 saturated carbocycles. The van der Waals surface area contributed by atoms with E-state index in [4.69, 9.17) is 12.2 Å². The number of amides is 1. The summed E-state index contributed by atoms with van der Waals surface area (Å²) in [5.41, 5.74) is 6.83. The second kappa shape index (κ2) is 6.19. The summed E-state index contributed by atoms with van der Waals surface area (Å²) in [6.45, 7) is 0.588. The summed E-state index contributed by atoms with van der Waals surface area (Å²) in [7, 11) is 0. The van der Waals surface area contributed by atoms with Gasteiger partial charge in [0.2, 0.25) is 0 Å². The van der Waals surface area contributed by atoms with Crippen LogP contribution < -0.4 is 11.1 Å². The van der Waals surface area contributed by atoms with Crippen molar-refractivity contribution in [2.75, 3.05) is 12.3 Å². The van der Waals surface area contributed by atoms with Crippen LogP contribution in [-0.4, -0.2) is 12.5 Å². The third-order valence-corrected chi connectivity index (χ3v) is 2.73. The molecule has 0 aliphatic carbocycles. The minimum Gasteiger partial charge on any atom is -0.398 e. The van der Waals surface area contributed by atoms with Gasteiger partial charge in [0.05, 0.1) is 0 Å². The number of nitrogens with one attached hydrogen (secondary N) is 1. The summed E-state index contributed by atoms with van der Waals surface area (Å²) in [6, 6.07) is 5.09. The van der Waals surface area contributed by atoms with Crippen LogP contribution in [0.25, 0.3) is 0 Å². The second-order valence-electron chi connectivity index (χ2n) is 3.30. The van der Waals surface area contributed by atoms with Gasteiger partial charge in [-0.15, -0.1) is 12.3 Å². The summed E-state index contributed by atoms with van der Waals surface area (Å²) in [5, 5.41) is 2.78. The van der Waals surface area contributed by atoms with E-state index in [1.165, 1.54) is 0 Å². The first-order valence-corrected chi connectivity index (χ1v) is 5.71. The van der Waals surface area contributed by atoms with E-state index in [0.29, 0.717) is 24.2 Å². The number of anilines is 1. The van der Waals surface area contributed by atoms with Crippen molar-refractivity contribution < 1.29 is 4.79 Å². The Balaban J connectivity index is 2.53. The number of hydrogen-bond acceptors (Lipinski definition) is 2. The van der Waals surface area contributed by atoms with E-state index in [1.807, 2.05) is 0 Å². The van der Waals surface area contributed by atoms with Crippen LogP contribution in [0, 0.1) is 12.3 Å². The van der Waals surface area contributed by atoms with Crippen molar-refractivity contribution >= 4 is 27.5 Å². The predicted octanol–water partition coefficient (Wildman–Crippen LogP) is 2.17. The summed E-state index contributed by atoms with van der Waals surface area (Å²) in [6.07, 6.45) is 6.57. The fourth-order valence-electron chi connectivity index (χ4n) is 1.16. The number of halogens is 1. The molecule has 0 bridgehead atoms. The zero-order valence-corrected chi connectivity index (χ0v) is 10.4. The molecule has 1 rings (SSSR count). The lowest BCUT2D eigenvalue weighted by atomic mass is 10.2. The van der Waals surface area contributed by atoms with Gasteiger partial charge < -0.3 is 11.1 Å². The number of rotatable bonds is 4. The van der Waals surface area contributed by atoms with E-state index in [2.05, 4.69) is 27.2 Å². The van der Waals surface area contributed by atoms with Crippen molar-refractivity contribution in [3.05, 3.63) is 28.2 Å². The molecule has 0 atom stereocenters. The molecule has 0 radical (unpaired) electrons. The number of terminal acetylenes is 1. The standard InChI is InChI=1S/C12H13BrN2O/c1-2-3-4-7-15-12(16)9-5-6-11(14)10(13)8-9/h1,5-6,8H,3-4,7,14H2,(H,15,16). The van der Waals surface area contributed by atoms with Gasteiger partial charge in [-0.2, -0.15) is 0 Å². The van der Waals surface area contributed by atoms with Crippen molar-refractivity contribution in [3.8, 4) is 12.3 Å². The third-order valence-electron chi connectivity index (χ3n) is 2.05. The van der Waals surface area contributed by atoms with Gasteiger partial charge in [-0.05, 0) is 40.5 Å². The highest BCUT2D eigenvalue weighted by Gasteiger charge is 2.06. The third kappa shape index (κ3) is 3.59. The number of benzene rings is 1. The summed E-state index contributed by atoms with van der Waals surface area (Å²) >= 11 is 3.28.